The second kappa shape index (κ2) is 12.1. The van der Waals surface area contributed by atoms with Crippen molar-refractivity contribution >= 4 is 12.0 Å². The molecule has 0 aliphatic carbocycles. The van der Waals surface area contributed by atoms with E-state index >= 15 is 0 Å². The Labute approximate surface area is 211 Å². The third-order valence-electron chi connectivity index (χ3n) is 6.32. The molecule has 3 aromatic rings. The lowest BCUT2D eigenvalue weighted by atomic mass is 9.94. The number of aryl methyl sites for hydroxylation is 1. The molecular weight excluding hydrogens is 489 g/mol. The number of hydrogen-bond acceptors (Lipinski definition) is 7. The molecule has 37 heavy (non-hydrogen) atoms. The lowest BCUT2D eigenvalue weighted by molar-refractivity contribution is -0.137. The number of amides is 1. The summed E-state index contributed by atoms with van der Waals surface area (Å²) in [7, 11) is 0. The van der Waals surface area contributed by atoms with Crippen LogP contribution >= 0.6 is 0 Å². The van der Waals surface area contributed by atoms with Crippen molar-refractivity contribution in [3.8, 4) is 0 Å². The Balaban J connectivity index is 1.28. The average molecular weight is 519 g/mol. The third-order valence-corrected chi connectivity index (χ3v) is 6.32. The molecule has 1 fully saturated rings. The van der Waals surface area contributed by atoms with Crippen LogP contribution in [0.5, 0.6) is 0 Å². The predicted octanol–water partition coefficient (Wildman–Crippen LogP) is 3.07. The number of carbonyl (C=O) groups is 1. The van der Waals surface area contributed by atoms with Crippen molar-refractivity contribution in [1.29, 1.82) is 0 Å². The van der Waals surface area contributed by atoms with Gasteiger partial charge in [-0.05, 0) is 66.7 Å². The molecule has 0 unspecified atom stereocenters. The first-order chi connectivity index (χ1) is 17.8. The number of halogens is 3. The summed E-state index contributed by atoms with van der Waals surface area (Å²) in [5.41, 5.74) is 1.01. The molecule has 3 heterocycles. The number of aromatic amines is 1. The number of aromatic nitrogens is 7. The molecule has 1 amide bonds. The van der Waals surface area contributed by atoms with Crippen molar-refractivity contribution in [3.05, 3.63) is 58.7 Å². The number of nitrogens with one attached hydrogen (secondary N) is 1. The molecular formula is C24H29F3N8O2. The van der Waals surface area contributed by atoms with Gasteiger partial charge in [-0.1, -0.05) is 11.3 Å². The second-order valence-electron chi connectivity index (χ2n) is 9.01. The highest BCUT2D eigenvalue weighted by Crippen LogP contribution is 2.31. The highest BCUT2D eigenvalue weighted by Gasteiger charge is 2.31. The largest absolute Gasteiger partial charge is 0.416 e. The Morgan fingerprint density at radius 2 is 2.05 bits per heavy atom. The van der Waals surface area contributed by atoms with Gasteiger partial charge in [0.15, 0.2) is 5.82 Å². The van der Waals surface area contributed by atoms with Crippen LogP contribution in [-0.2, 0) is 28.7 Å². The summed E-state index contributed by atoms with van der Waals surface area (Å²) in [5, 5.41) is 21.9. The molecule has 0 saturated carbocycles. The number of piperidine rings is 1. The lowest BCUT2D eigenvalue weighted by Gasteiger charge is -2.31. The molecule has 10 nitrogen and oxygen atoms in total. The molecule has 0 atom stereocenters. The molecule has 0 spiro atoms. The summed E-state index contributed by atoms with van der Waals surface area (Å²) in [6, 6.07) is 3.43. The van der Waals surface area contributed by atoms with Gasteiger partial charge in [-0.15, -0.1) is 15.3 Å². The third kappa shape index (κ3) is 7.68. The first-order valence-electron chi connectivity index (χ1n) is 12.1. The van der Waals surface area contributed by atoms with E-state index in [1.807, 2.05) is 0 Å². The summed E-state index contributed by atoms with van der Waals surface area (Å²) in [6.45, 7) is 4.18. The van der Waals surface area contributed by atoms with Crippen molar-refractivity contribution < 1.29 is 22.7 Å². The topological polar surface area (TPSA) is 115 Å². The Bertz CT molecular complexity index is 1190. The molecule has 2 aromatic heterocycles. The molecule has 1 saturated heterocycles. The minimum Gasteiger partial charge on any atom is -0.381 e. The van der Waals surface area contributed by atoms with Crippen LogP contribution in [0.4, 0.5) is 13.2 Å². The van der Waals surface area contributed by atoms with Gasteiger partial charge in [-0.3, -0.25) is 9.89 Å². The van der Waals surface area contributed by atoms with Gasteiger partial charge in [0.25, 0.3) is 0 Å². The lowest BCUT2D eigenvalue weighted by Crippen LogP contribution is -2.37. The van der Waals surface area contributed by atoms with Gasteiger partial charge in [-0.2, -0.15) is 18.0 Å². The van der Waals surface area contributed by atoms with Gasteiger partial charge in [0.2, 0.25) is 5.91 Å². The van der Waals surface area contributed by atoms with Gasteiger partial charge in [0.05, 0.1) is 30.6 Å². The maximum absolute atomic E-state index is 13.3. The Morgan fingerprint density at radius 3 is 2.73 bits per heavy atom. The van der Waals surface area contributed by atoms with Crippen molar-refractivity contribution in [3.63, 3.8) is 0 Å². The number of likely N-dealkylation sites (tertiary alicyclic amines) is 1. The standard InChI is InChI=1S/C24H29F3N8O2/c1-17-29-33-35(31-17)16-20-14-21(24(25,26)27)4-2-19(20)3-5-23(36)34-10-6-18(7-11-34)8-12-37-13-9-22-15-28-32-30-22/h2-5,14-15,18H,6-13,16H2,1H3,(H,28,30,32). The van der Waals surface area contributed by atoms with Crippen LogP contribution in [0, 0.1) is 12.8 Å². The van der Waals surface area contributed by atoms with E-state index in [2.05, 4.69) is 30.8 Å². The molecule has 1 N–H and O–H groups in total. The molecule has 13 heteroatoms. The van der Waals surface area contributed by atoms with E-state index in [9.17, 15) is 18.0 Å². The number of benzene rings is 1. The van der Waals surface area contributed by atoms with Gasteiger partial charge in [0.1, 0.15) is 0 Å². The zero-order chi connectivity index (χ0) is 26.3. The smallest absolute Gasteiger partial charge is 0.381 e. The predicted molar refractivity (Wildman–Crippen MR) is 127 cm³/mol. The molecule has 1 aliphatic heterocycles. The van der Waals surface area contributed by atoms with E-state index in [1.54, 1.807) is 24.1 Å². The zero-order valence-electron chi connectivity index (χ0n) is 20.5. The number of tetrazole rings is 1. The minimum absolute atomic E-state index is 0.00483. The quantitative estimate of drug-likeness (QED) is 0.324. The van der Waals surface area contributed by atoms with Crippen molar-refractivity contribution in [2.24, 2.45) is 5.92 Å². The van der Waals surface area contributed by atoms with Gasteiger partial charge < -0.3 is 9.64 Å². The van der Waals surface area contributed by atoms with Crippen LogP contribution in [0.1, 0.15) is 47.5 Å². The average Bonchev–Trinajstić information content (AvgIpc) is 3.54. The molecule has 198 valence electrons. The number of H-pyrrole nitrogens is 1. The van der Waals surface area contributed by atoms with Crippen LogP contribution in [0.3, 0.4) is 0 Å². The van der Waals surface area contributed by atoms with Gasteiger partial charge >= 0.3 is 6.18 Å². The van der Waals surface area contributed by atoms with E-state index in [0.29, 0.717) is 49.2 Å². The van der Waals surface area contributed by atoms with Crippen LogP contribution in [0.15, 0.2) is 30.5 Å². The Hall–Kier alpha value is -3.61. The number of ether oxygens (including phenoxy) is 1. The summed E-state index contributed by atoms with van der Waals surface area (Å²) in [6.07, 6.45) is 3.61. The monoisotopic (exact) mass is 518 g/mol. The summed E-state index contributed by atoms with van der Waals surface area (Å²) >= 11 is 0. The van der Waals surface area contributed by atoms with Crippen molar-refractivity contribution in [1.82, 2.24) is 40.5 Å². The van der Waals surface area contributed by atoms with Crippen LogP contribution in [-0.4, -0.2) is 72.7 Å². The van der Waals surface area contributed by atoms with E-state index in [1.165, 1.54) is 16.9 Å². The summed E-state index contributed by atoms with van der Waals surface area (Å²) < 4.78 is 45.5. The van der Waals surface area contributed by atoms with Crippen LogP contribution < -0.4 is 0 Å². The second-order valence-corrected chi connectivity index (χ2v) is 9.01. The highest BCUT2D eigenvalue weighted by atomic mass is 19.4. The SMILES string of the molecule is Cc1nnn(Cc2cc(C(F)(F)F)ccc2C=CC(=O)N2CCC(CCOCCc3cnn[nH]3)CC2)n1. The van der Waals surface area contributed by atoms with E-state index < -0.39 is 11.7 Å². The normalized spacial score (nSPS) is 15.1. The van der Waals surface area contributed by atoms with Gasteiger partial charge in [0, 0.05) is 32.2 Å². The zero-order valence-corrected chi connectivity index (χ0v) is 20.5. The maximum Gasteiger partial charge on any atom is 0.416 e. The number of nitrogens with zero attached hydrogens (tertiary/aromatic N) is 7. The van der Waals surface area contributed by atoms with Gasteiger partial charge in [-0.25, -0.2) is 0 Å². The van der Waals surface area contributed by atoms with E-state index in [-0.39, 0.29) is 12.5 Å². The first-order valence-corrected chi connectivity index (χ1v) is 12.1. The fourth-order valence-corrected chi connectivity index (χ4v) is 4.21. The first kappa shape index (κ1) is 26.5. The fourth-order valence-electron chi connectivity index (χ4n) is 4.21. The molecule has 0 radical (unpaired) electrons. The maximum atomic E-state index is 13.3. The van der Waals surface area contributed by atoms with Crippen LogP contribution in [0.25, 0.3) is 6.08 Å². The van der Waals surface area contributed by atoms with E-state index in [4.69, 9.17) is 4.74 Å². The number of alkyl halides is 3. The minimum atomic E-state index is -4.48. The number of rotatable bonds is 10. The Morgan fingerprint density at radius 1 is 1.24 bits per heavy atom. The summed E-state index contributed by atoms with van der Waals surface area (Å²) in [4.78, 5) is 15.8. The molecule has 4 rings (SSSR count). The van der Waals surface area contributed by atoms with E-state index in [0.717, 1.165) is 43.5 Å². The molecule has 1 aliphatic rings. The number of hydrogen-bond donors (Lipinski definition) is 1. The van der Waals surface area contributed by atoms with Crippen molar-refractivity contribution in [2.45, 2.75) is 45.3 Å². The fraction of sp³-hybridized carbons (Fsp3) is 0.500. The van der Waals surface area contributed by atoms with Crippen LogP contribution in [0.2, 0.25) is 0 Å². The highest BCUT2D eigenvalue weighted by molar-refractivity contribution is 5.92. The Kier molecular flexibility index (Phi) is 8.64. The number of carbonyl (C=O) groups excluding carboxylic acids is 1. The van der Waals surface area contributed by atoms with Crippen molar-refractivity contribution in [2.75, 3.05) is 26.3 Å². The molecule has 0 bridgehead atoms. The molecule has 1 aromatic carbocycles. The summed E-state index contributed by atoms with van der Waals surface area (Å²) in [5.74, 6) is 0.742.